The second-order valence-corrected chi connectivity index (χ2v) is 7.37. The van der Waals surface area contributed by atoms with E-state index in [2.05, 4.69) is 35.6 Å². The van der Waals surface area contributed by atoms with Gasteiger partial charge in [-0.05, 0) is 36.5 Å². The maximum atomic E-state index is 13.7. The van der Waals surface area contributed by atoms with E-state index >= 15 is 0 Å². The lowest BCUT2D eigenvalue weighted by Gasteiger charge is -2.05. The number of alkyl halides is 1. The first-order chi connectivity index (χ1) is 15.9. The molecule has 0 saturated carbocycles. The van der Waals surface area contributed by atoms with E-state index in [0.717, 1.165) is 23.8 Å². The number of hydrogen-bond donors (Lipinski definition) is 2. The Morgan fingerprint density at radius 2 is 1.85 bits per heavy atom. The van der Waals surface area contributed by atoms with Crippen LogP contribution in [0, 0.1) is 17.5 Å². The highest BCUT2D eigenvalue weighted by Crippen LogP contribution is 2.26. The fraction of sp³-hybridized carbons (Fsp3) is 0.185. The Morgan fingerprint density at radius 3 is 2.48 bits per heavy atom. The topological polar surface area (TPSA) is 27.8 Å². The summed E-state index contributed by atoms with van der Waals surface area (Å²) in [6.07, 6.45) is 9.78. The number of nitrogens with one attached hydrogen (secondary N) is 2. The number of allylic oxidation sites excluding steroid dienone is 6. The quantitative estimate of drug-likeness (QED) is 0.200. The predicted octanol–water partition coefficient (Wildman–Crippen LogP) is 7.12. The Morgan fingerprint density at radius 1 is 1.12 bits per heavy atom. The number of halogens is 4. The molecule has 2 aromatic carbocycles. The summed E-state index contributed by atoms with van der Waals surface area (Å²) < 4.78 is 51.7. The third kappa shape index (κ3) is 7.83. The predicted molar refractivity (Wildman–Crippen MR) is 128 cm³/mol. The zero-order valence-electron chi connectivity index (χ0n) is 18.6. The van der Waals surface area contributed by atoms with Gasteiger partial charge < -0.3 is 10.3 Å². The molecule has 2 nitrogen and oxygen atoms in total. The monoisotopic (exact) mass is 456 g/mol. The zero-order chi connectivity index (χ0) is 24.2. The van der Waals surface area contributed by atoms with E-state index in [1.807, 2.05) is 31.2 Å². The van der Waals surface area contributed by atoms with Crippen LogP contribution in [-0.4, -0.2) is 18.2 Å². The minimum Gasteiger partial charge on any atom is -0.389 e. The summed E-state index contributed by atoms with van der Waals surface area (Å²) in [7, 11) is 0. The van der Waals surface area contributed by atoms with Crippen molar-refractivity contribution in [2.24, 2.45) is 0 Å². The van der Waals surface area contributed by atoms with E-state index in [1.165, 1.54) is 11.6 Å². The van der Waals surface area contributed by atoms with Gasteiger partial charge in [-0.25, -0.2) is 17.6 Å². The van der Waals surface area contributed by atoms with E-state index in [0.29, 0.717) is 18.5 Å². The van der Waals surface area contributed by atoms with E-state index in [1.54, 1.807) is 18.3 Å². The average Bonchev–Trinajstić information content (AvgIpc) is 3.20. The smallest absolute Gasteiger partial charge is 0.195 e. The summed E-state index contributed by atoms with van der Waals surface area (Å²) >= 11 is 0. The lowest BCUT2D eigenvalue weighted by Crippen LogP contribution is -2.13. The summed E-state index contributed by atoms with van der Waals surface area (Å²) in [5, 5.41) is 3.10. The summed E-state index contributed by atoms with van der Waals surface area (Å²) in [5.41, 5.74) is 3.99. The summed E-state index contributed by atoms with van der Waals surface area (Å²) in [6, 6.07) is 11.1. The molecular weight excluding hydrogens is 428 g/mol. The van der Waals surface area contributed by atoms with Gasteiger partial charge in [-0.2, -0.15) is 0 Å². The van der Waals surface area contributed by atoms with Crippen LogP contribution >= 0.6 is 0 Å². The largest absolute Gasteiger partial charge is 0.389 e. The van der Waals surface area contributed by atoms with Crippen LogP contribution in [0.3, 0.4) is 0 Å². The number of fused-ring (bicyclic) bond motifs is 1. The molecule has 0 radical (unpaired) electrons. The fourth-order valence-corrected chi connectivity index (χ4v) is 3.14. The molecule has 2 N–H and O–H groups in total. The molecule has 0 aliphatic heterocycles. The van der Waals surface area contributed by atoms with E-state index in [-0.39, 0.29) is 10.9 Å². The molecule has 33 heavy (non-hydrogen) atoms. The van der Waals surface area contributed by atoms with Crippen molar-refractivity contribution in [2.75, 3.05) is 13.2 Å². The lowest BCUT2D eigenvalue weighted by molar-refractivity contribution is 0.453. The highest BCUT2D eigenvalue weighted by atomic mass is 19.2. The standard InChI is InChI=1S/C14H15F.C13H13F3N2/c1-2-13(8-6-7-11-15)12-14-9-4-3-5-10-14;1-7(2)17-4-3-8-6-18-10-5-9(14)12(15)13(16)11(8)10/h2-10H,1,11-12H2;5-6,17-18H,1,3-4H2,2H3/b7-6-,13-8+;. The molecule has 0 bridgehead atoms. The van der Waals surface area contributed by atoms with Gasteiger partial charge in [0, 0.05) is 29.9 Å². The van der Waals surface area contributed by atoms with Gasteiger partial charge in [0.25, 0.3) is 0 Å². The maximum absolute atomic E-state index is 13.7. The van der Waals surface area contributed by atoms with Crippen molar-refractivity contribution < 1.29 is 17.6 Å². The summed E-state index contributed by atoms with van der Waals surface area (Å²) in [6.45, 7) is 9.36. The first kappa shape index (κ1) is 25.7. The van der Waals surface area contributed by atoms with Gasteiger partial charge in [0.05, 0.1) is 5.52 Å². The van der Waals surface area contributed by atoms with Crippen molar-refractivity contribution in [1.82, 2.24) is 10.3 Å². The minimum absolute atomic E-state index is 0.109. The molecule has 6 heteroatoms. The molecule has 3 aromatic rings. The van der Waals surface area contributed by atoms with Crippen LogP contribution in [0.4, 0.5) is 17.6 Å². The number of H-pyrrole nitrogens is 1. The van der Waals surface area contributed by atoms with E-state index in [9.17, 15) is 17.6 Å². The minimum atomic E-state index is -1.43. The molecule has 0 atom stereocenters. The number of benzene rings is 2. The Balaban J connectivity index is 0.000000238. The van der Waals surface area contributed by atoms with Gasteiger partial charge in [0.15, 0.2) is 17.5 Å². The summed E-state index contributed by atoms with van der Waals surface area (Å²) in [5.74, 6) is -3.76. The lowest BCUT2D eigenvalue weighted by atomic mass is 10.1. The van der Waals surface area contributed by atoms with Crippen LogP contribution in [0.5, 0.6) is 0 Å². The second-order valence-electron chi connectivity index (χ2n) is 7.37. The molecule has 0 saturated heterocycles. The van der Waals surface area contributed by atoms with E-state index in [4.69, 9.17) is 0 Å². The second kappa shape index (κ2) is 13.1. The molecule has 1 heterocycles. The number of aromatic amines is 1. The van der Waals surface area contributed by atoms with Crippen LogP contribution in [-0.2, 0) is 12.8 Å². The van der Waals surface area contributed by atoms with Crippen LogP contribution < -0.4 is 5.32 Å². The third-order valence-corrected chi connectivity index (χ3v) is 4.76. The Hall–Kier alpha value is -3.54. The van der Waals surface area contributed by atoms with Gasteiger partial charge in [-0.3, -0.25) is 0 Å². The molecule has 0 aliphatic rings. The third-order valence-electron chi connectivity index (χ3n) is 4.76. The van der Waals surface area contributed by atoms with Gasteiger partial charge in [0.1, 0.15) is 6.67 Å². The van der Waals surface area contributed by atoms with Crippen molar-refractivity contribution >= 4 is 10.9 Å². The molecule has 3 rings (SSSR count). The molecule has 0 spiro atoms. The SMILES string of the molecule is C=C(C)NCCc1c[nH]c2cc(F)c(F)c(F)c12.C=C/C(=C\C=C/CF)Cc1ccccc1. The fourth-order valence-electron chi connectivity index (χ4n) is 3.14. The van der Waals surface area contributed by atoms with Gasteiger partial charge >= 0.3 is 0 Å². The van der Waals surface area contributed by atoms with Gasteiger partial charge in [0.2, 0.25) is 0 Å². The number of hydrogen-bond acceptors (Lipinski definition) is 1. The van der Waals surface area contributed by atoms with Crippen LogP contribution in [0.15, 0.2) is 91.3 Å². The van der Waals surface area contributed by atoms with Crippen molar-refractivity contribution in [1.29, 1.82) is 0 Å². The highest BCUT2D eigenvalue weighted by Gasteiger charge is 2.17. The van der Waals surface area contributed by atoms with Crippen molar-refractivity contribution in [3.63, 3.8) is 0 Å². The van der Waals surface area contributed by atoms with Crippen molar-refractivity contribution in [2.45, 2.75) is 19.8 Å². The number of aromatic nitrogens is 1. The molecule has 1 aromatic heterocycles. The zero-order valence-corrected chi connectivity index (χ0v) is 18.6. The number of rotatable bonds is 9. The Kier molecular flexibility index (Phi) is 10.2. The first-order valence-electron chi connectivity index (χ1n) is 10.5. The molecule has 0 amide bonds. The highest BCUT2D eigenvalue weighted by molar-refractivity contribution is 5.84. The summed E-state index contributed by atoms with van der Waals surface area (Å²) in [4.78, 5) is 2.74. The molecule has 0 aliphatic carbocycles. The van der Waals surface area contributed by atoms with Crippen molar-refractivity contribution in [3.05, 3.63) is 120 Å². The van der Waals surface area contributed by atoms with Crippen LogP contribution in [0.25, 0.3) is 10.9 Å². The Labute approximate surface area is 192 Å². The Bertz CT molecular complexity index is 1130. The molecule has 0 fully saturated rings. The van der Waals surface area contributed by atoms with Gasteiger partial charge in [-0.15, -0.1) is 0 Å². The van der Waals surface area contributed by atoms with Crippen LogP contribution in [0.2, 0.25) is 0 Å². The average molecular weight is 457 g/mol. The normalized spacial score (nSPS) is 11.4. The maximum Gasteiger partial charge on any atom is 0.195 e. The molecule has 0 unspecified atom stereocenters. The molecule has 174 valence electrons. The van der Waals surface area contributed by atoms with Gasteiger partial charge in [-0.1, -0.05) is 67.8 Å². The van der Waals surface area contributed by atoms with E-state index < -0.39 is 24.1 Å². The first-order valence-corrected chi connectivity index (χ1v) is 10.5. The van der Waals surface area contributed by atoms with Crippen molar-refractivity contribution in [3.8, 4) is 0 Å². The van der Waals surface area contributed by atoms with Crippen LogP contribution in [0.1, 0.15) is 18.1 Å². The molecular formula is C27H28F4N2.